The maximum atomic E-state index is 13.8. The van der Waals surface area contributed by atoms with Crippen molar-refractivity contribution in [1.82, 2.24) is 0 Å². The number of hydrogen-bond donors (Lipinski definition) is 1. The van der Waals surface area contributed by atoms with Crippen LogP contribution in [0.4, 0.5) is 10.1 Å². The molecule has 0 aliphatic carbocycles. The lowest BCUT2D eigenvalue weighted by Crippen LogP contribution is -2.13. The number of aryl methyl sites for hydroxylation is 1. The Morgan fingerprint density at radius 3 is 3.00 bits per heavy atom. The summed E-state index contributed by atoms with van der Waals surface area (Å²) in [6.07, 6.45) is 2.20. The molecule has 0 unspecified atom stereocenters. The van der Waals surface area contributed by atoms with Gasteiger partial charge >= 0.3 is 0 Å². The lowest BCUT2D eigenvalue weighted by atomic mass is 10.0. The van der Waals surface area contributed by atoms with Gasteiger partial charge in [-0.15, -0.1) is 0 Å². The molecule has 0 spiro atoms. The van der Waals surface area contributed by atoms with Crippen molar-refractivity contribution in [2.45, 2.75) is 19.4 Å². The summed E-state index contributed by atoms with van der Waals surface area (Å²) in [6.45, 7) is 1.19. The molecule has 0 aromatic heterocycles. The van der Waals surface area contributed by atoms with Crippen LogP contribution in [0.1, 0.15) is 17.5 Å². The van der Waals surface area contributed by atoms with Crippen molar-refractivity contribution in [3.05, 3.63) is 57.8 Å². The molecule has 0 fully saturated rings. The molecule has 0 saturated carbocycles. The molecule has 1 heterocycles. The Morgan fingerprint density at radius 2 is 2.15 bits per heavy atom. The first-order chi connectivity index (χ1) is 9.74. The molecule has 104 valence electrons. The standard InChI is InChI=1S/C16H15BrFNO/c17-13-7-6-12(14(18)9-13)10-20-15-5-1-3-11-4-2-8-19-16(11)15/h1,3,5-7,9,19H,2,4,8,10H2. The SMILES string of the molecule is Fc1cc(Br)ccc1COc1cccc2c1NCCC2. The zero-order chi connectivity index (χ0) is 13.9. The first kappa shape index (κ1) is 13.4. The Morgan fingerprint density at radius 1 is 1.25 bits per heavy atom. The molecule has 1 aliphatic rings. The van der Waals surface area contributed by atoms with E-state index < -0.39 is 0 Å². The maximum absolute atomic E-state index is 13.8. The lowest BCUT2D eigenvalue weighted by molar-refractivity contribution is 0.300. The Kier molecular flexibility index (Phi) is 3.92. The molecule has 3 rings (SSSR count). The number of fused-ring (bicyclic) bond motifs is 1. The van der Waals surface area contributed by atoms with E-state index in [1.54, 1.807) is 6.07 Å². The summed E-state index contributed by atoms with van der Waals surface area (Å²) in [5, 5.41) is 3.36. The van der Waals surface area contributed by atoms with E-state index in [2.05, 4.69) is 27.3 Å². The maximum Gasteiger partial charge on any atom is 0.143 e. The fourth-order valence-corrected chi connectivity index (χ4v) is 2.73. The van der Waals surface area contributed by atoms with Gasteiger partial charge in [0.05, 0.1) is 5.69 Å². The topological polar surface area (TPSA) is 21.3 Å². The monoisotopic (exact) mass is 335 g/mol. The van der Waals surface area contributed by atoms with E-state index in [-0.39, 0.29) is 12.4 Å². The van der Waals surface area contributed by atoms with E-state index in [1.165, 1.54) is 11.6 Å². The van der Waals surface area contributed by atoms with Crippen LogP contribution in [-0.2, 0) is 13.0 Å². The van der Waals surface area contributed by atoms with E-state index in [9.17, 15) is 4.39 Å². The number of halogens is 2. The van der Waals surface area contributed by atoms with Gasteiger partial charge in [-0.25, -0.2) is 4.39 Å². The van der Waals surface area contributed by atoms with Gasteiger partial charge in [-0.1, -0.05) is 34.1 Å². The number of benzene rings is 2. The van der Waals surface area contributed by atoms with E-state index in [0.717, 1.165) is 35.3 Å². The van der Waals surface area contributed by atoms with Gasteiger partial charge < -0.3 is 10.1 Å². The highest BCUT2D eigenvalue weighted by atomic mass is 79.9. The van der Waals surface area contributed by atoms with E-state index in [0.29, 0.717) is 5.56 Å². The Balaban J connectivity index is 1.78. The normalized spacial score (nSPS) is 13.5. The summed E-state index contributed by atoms with van der Waals surface area (Å²) in [4.78, 5) is 0. The average Bonchev–Trinajstić information content (AvgIpc) is 2.46. The van der Waals surface area contributed by atoms with Crippen molar-refractivity contribution >= 4 is 21.6 Å². The first-order valence-corrected chi connectivity index (χ1v) is 7.46. The van der Waals surface area contributed by atoms with Gasteiger partial charge in [0.25, 0.3) is 0 Å². The van der Waals surface area contributed by atoms with Gasteiger partial charge in [0, 0.05) is 16.6 Å². The second-order valence-corrected chi connectivity index (χ2v) is 5.76. The second kappa shape index (κ2) is 5.83. The van der Waals surface area contributed by atoms with Crippen LogP contribution in [0.3, 0.4) is 0 Å². The van der Waals surface area contributed by atoms with Crippen molar-refractivity contribution in [2.24, 2.45) is 0 Å². The lowest BCUT2D eigenvalue weighted by Gasteiger charge is -2.21. The molecule has 0 bridgehead atoms. The largest absolute Gasteiger partial charge is 0.487 e. The van der Waals surface area contributed by atoms with E-state index in [1.807, 2.05) is 18.2 Å². The molecule has 0 saturated heterocycles. The Bertz CT molecular complexity index is 630. The molecule has 0 amide bonds. The smallest absolute Gasteiger partial charge is 0.143 e. The van der Waals surface area contributed by atoms with Crippen LogP contribution < -0.4 is 10.1 Å². The molecule has 1 aliphatic heterocycles. The molecule has 0 radical (unpaired) electrons. The molecule has 4 heteroatoms. The second-order valence-electron chi connectivity index (χ2n) is 4.85. The van der Waals surface area contributed by atoms with Crippen molar-refractivity contribution in [3.8, 4) is 5.75 Å². The van der Waals surface area contributed by atoms with Crippen molar-refractivity contribution in [2.75, 3.05) is 11.9 Å². The van der Waals surface area contributed by atoms with E-state index >= 15 is 0 Å². The molecular formula is C16H15BrFNO. The minimum absolute atomic E-state index is 0.233. The third-order valence-electron chi connectivity index (χ3n) is 3.44. The van der Waals surface area contributed by atoms with Crippen molar-refractivity contribution in [3.63, 3.8) is 0 Å². The van der Waals surface area contributed by atoms with E-state index in [4.69, 9.17) is 4.74 Å². The molecule has 1 N–H and O–H groups in total. The van der Waals surface area contributed by atoms with Gasteiger partial charge in [-0.05, 0) is 36.6 Å². The summed E-state index contributed by atoms with van der Waals surface area (Å²) in [5.74, 6) is 0.543. The quantitative estimate of drug-likeness (QED) is 0.889. The fraction of sp³-hybridized carbons (Fsp3) is 0.250. The van der Waals surface area contributed by atoms with Crippen LogP contribution in [0.15, 0.2) is 40.9 Å². The number of nitrogens with one attached hydrogen (secondary N) is 1. The summed E-state index contributed by atoms with van der Waals surface area (Å²) in [7, 11) is 0. The molecule has 0 atom stereocenters. The van der Waals surface area contributed by atoms with Gasteiger partial charge in [0.15, 0.2) is 0 Å². The summed E-state index contributed by atoms with van der Waals surface area (Å²) in [6, 6.07) is 11.0. The summed E-state index contributed by atoms with van der Waals surface area (Å²) >= 11 is 3.25. The fourth-order valence-electron chi connectivity index (χ4n) is 2.39. The minimum Gasteiger partial charge on any atom is -0.487 e. The zero-order valence-corrected chi connectivity index (χ0v) is 12.5. The Hall–Kier alpha value is -1.55. The molecule has 2 aromatic rings. The highest BCUT2D eigenvalue weighted by Gasteiger charge is 2.13. The predicted octanol–water partition coefficient (Wildman–Crippen LogP) is 4.53. The zero-order valence-electron chi connectivity index (χ0n) is 11.0. The third kappa shape index (κ3) is 2.80. The third-order valence-corrected chi connectivity index (χ3v) is 3.93. The summed E-state index contributed by atoms with van der Waals surface area (Å²) in [5.41, 5.74) is 2.88. The highest BCUT2D eigenvalue weighted by Crippen LogP contribution is 2.32. The van der Waals surface area contributed by atoms with Crippen LogP contribution in [0.5, 0.6) is 5.75 Å². The first-order valence-electron chi connectivity index (χ1n) is 6.66. The van der Waals surface area contributed by atoms with Gasteiger partial charge in [0.1, 0.15) is 18.2 Å². The van der Waals surface area contributed by atoms with Crippen LogP contribution in [0.2, 0.25) is 0 Å². The average molecular weight is 336 g/mol. The van der Waals surface area contributed by atoms with Crippen LogP contribution in [0, 0.1) is 5.82 Å². The summed E-state index contributed by atoms with van der Waals surface area (Å²) < 4.78 is 20.3. The molecule has 20 heavy (non-hydrogen) atoms. The van der Waals surface area contributed by atoms with Crippen LogP contribution in [-0.4, -0.2) is 6.54 Å². The molecule has 2 aromatic carbocycles. The molecule has 2 nitrogen and oxygen atoms in total. The number of para-hydroxylation sites is 1. The number of hydrogen-bond acceptors (Lipinski definition) is 2. The van der Waals surface area contributed by atoms with Gasteiger partial charge in [-0.2, -0.15) is 0 Å². The number of anilines is 1. The van der Waals surface area contributed by atoms with Gasteiger partial charge in [-0.3, -0.25) is 0 Å². The highest BCUT2D eigenvalue weighted by molar-refractivity contribution is 9.10. The van der Waals surface area contributed by atoms with Crippen LogP contribution >= 0.6 is 15.9 Å². The van der Waals surface area contributed by atoms with Crippen molar-refractivity contribution < 1.29 is 9.13 Å². The predicted molar refractivity (Wildman–Crippen MR) is 81.7 cm³/mol. The van der Waals surface area contributed by atoms with Crippen molar-refractivity contribution in [1.29, 1.82) is 0 Å². The minimum atomic E-state index is -0.253. The van der Waals surface area contributed by atoms with Crippen LogP contribution in [0.25, 0.3) is 0 Å². The number of ether oxygens (including phenoxy) is 1. The van der Waals surface area contributed by atoms with Gasteiger partial charge in [0.2, 0.25) is 0 Å². The number of rotatable bonds is 3. The molecular weight excluding hydrogens is 321 g/mol. The Labute approximate surface area is 126 Å².